The van der Waals surface area contributed by atoms with Crippen molar-refractivity contribution in [1.82, 2.24) is 4.98 Å². The molecule has 0 amide bonds. The van der Waals surface area contributed by atoms with E-state index < -0.39 is 0 Å². The quantitative estimate of drug-likeness (QED) is 0.114. The van der Waals surface area contributed by atoms with Crippen LogP contribution >= 0.6 is 22.7 Å². The SMILES string of the molecule is CCCCCOc1ccc(/C(C#N)=C/c2cc3sc(/N=N/c4ccc(N5CCCCC5)cc4)nc3s2)cc1. The zero-order valence-electron chi connectivity index (χ0n) is 21.6. The van der Waals surface area contributed by atoms with Crippen molar-refractivity contribution < 1.29 is 4.74 Å². The van der Waals surface area contributed by atoms with Gasteiger partial charge in [-0.05, 0) is 91.9 Å². The van der Waals surface area contributed by atoms with Gasteiger partial charge >= 0.3 is 0 Å². The molecule has 0 spiro atoms. The average molecular weight is 542 g/mol. The summed E-state index contributed by atoms with van der Waals surface area (Å²) in [5.74, 6) is 0.836. The Hall–Kier alpha value is -3.54. The molecule has 4 aromatic rings. The number of unbranched alkanes of at least 4 members (excludes halogenated alkanes) is 2. The zero-order valence-corrected chi connectivity index (χ0v) is 23.2. The number of anilines is 1. The van der Waals surface area contributed by atoms with Crippen LogP contribution in [0.25, 0.3) is 21.2 Å². The van der Waals surface area contributed by atoms with E-state index >= 15 is 0 Å². The first-order chi connectivity index (χ1) is 18.7. The number of thiazole rings is 1. The number of hydrogen-bond donors (Lipinski definition) is 0. The number of nitrogens with zero attached hydrogens (tertiary/aromatic N) is 5. The van der Waals surface area contributed by atoms with Gasteiger partial charge in [0.05, 0.1) is 28.6 Å². The molecule has 0 radical (unpaired) electrons. The topological polar surface area (TPSA) is 73.9 Å². The number of allylic oxidation sites excluding steroid dienone is 1. The van der Waals surface area contributed by atoms with Gasteiger partial charge in [-0.15, -0.1) is 21.6 Å². The fourth-order valence-electron chi connectivity index (χ4n) is 4.43. The van der Waals surface area contributed by atoms with E-state index in [0.29, 0.717) is 10.7 Å². The lowest BCUT2D eigenvalue weighted by molar-refractivity contribution is 0.306. The number of rotatable bonds is 10. The van der Waals surface area contributed by atoms with Crippen molar-refractivity contribution in [3.8, 4) is 11.8 Å². The number of aromatic nitrogens is 1. The third-order valence-electron chi connectivity index (χ3n) is 6.51. The molecular weight excluding hydrogens is 510 g/mol. The van der Waals surface area contributed by atoms with Crippen LogP contribution in [0.4, 0.5) is 16.5 Å². The lowest BCUT2D eigenvalue weighted by atomic mass is 10.1. The van der Waals surface area contributed by atoms with Crippen LogP contribution in [0, 0.1) is 11.3 Å². The molecule has 0 bridgehead atoms. The molecule has 8 heteroatoms. The second-order valence-electron chi connectivity index (χ2n) is 9.33. The summed E-state index contributed by atoms with van der Waals surface area (Å²) in [7, 11) is 0. The molecule has 5 rings (SSSR count). The van der Waals surface area contributed by atoms with Gasteiger partial charge in [0.25, 0.3) is 0 Å². The van der Waals surface area contributed by atoms with Gasteiger partial charge in [0.2, 0.25) is 5.13 Å². The molecule has 1 aliphatic heterocycles. The second-order valence-corrected chi connectivity index (χ2v) is 11.4. The summed E-state index contributed by atoms with van der Waals surface area (Å²) >= 11 is 3.06. The molecule has 194 valence electrons. The third kappa shape index (κ3) is 6.66. The van der Waals surface area contributed by atoms with E-state index in [4.69, 9.17) is 4.74 Å². The van der Waals surface area contributed by atoms with Crippen LogP contribution in [0.2, 0.25) is 0 Å². The van der Waals surface area contributed by atoms with Gasteiger partial charge in [0.1, 0.15) is 10.6 Å². The van der Waals surface area contributed by atoms with E-state index in [1.54, 1.807) is 11.3 Å². The van der Waals surface area contributed by atoms with Crippen molar-refractivity contribution in [3.05, 3.63) is 65.0 Å². The molecule has 0 unspecified atom stereocenters. The van der Waals surface area contributed by atoms with E-state index in [0.717, 1.165) is 57.5 Å². The Kier molecular flexibility index (Phi) is 8.79. The van der Waals surface area contributed by atoms with E-state index in [2.05, 4.69) is 51.3 Å². The fraction of sp³-hybridized carbons (Fsp3) is 0.333. The minimum Gasteiger partial charge on any atom is -0.494 e. The molecule has 0 atom stereocenters. The standard InChI is InChI=1S/C30H31N5OS2/c1-2-3-7-18-36-26-14-8-22(9-15-26)23(21-31)19-27-20-28-29(37-27)32-30(38-28)34-33-24-10-12-25(13-11-24)35-16-5-4-6-17-35/h8-15,19-20H,2-7,16-18H2,1H3/b23-19+,34-33+. The molecule has 0 aliphatic carbocycles. The summed E-state index contributed by atoms with van der Waals surface area (Å²) in [5.41, 5.74) is 3.56. The van der Waals surface area contributed by atoms with Crippen molar-refractivity contribution >= 4 is 60.4 Å². The number of ether oxygens (including phenoxy) is 1. The maximum absolute atomic E-state index is 9.76. The molecule has 6 nitrogen and oxygen atoms in total. The van der Waals surface area contributed by atoms with Gasteiger partial charge in [-0.3, -0.25) is 0 Å². The van der Waals surface area contributed by atoms with E-state index in [1.165, 1.54) is 49.1 Å². The number of thiophene rings is 1. The highest BCUT2D eigenvalue weighted by molar-refractivity contribution is 7.29. The smallest absolute Gasteiger partial charge is 0.231 e. The molecule has 1 fully saturated rings. The van der Waals surface area contributed by atoms with Gasteiger partial charge in [-0.2, -0.15) is 5.26 Å². The van der Waals surface area contributed by atoms with E-state index in [9.17, 15) is 5.26 Å². The largest absolute Gasteiger partial charge is 0.494 e. The van der Waals surface area contributed by atoms with Gasteiger partial charge in [0, 0.05) is 23.7 Å². The van der Waals surface area contributed by atoms with Crippen molar-refractivity contribution in [2.75, 3.05) is 24.6 Å². The number of hydrogen-bond acceptors (Lipinski definition) is 8. The monoisotopic (exact) mass is 541 g/mol. The first-order valence-electron chi connectivity index (χ1n) is 13.2. The van der Waals surface area contributed by atoms with Crippen LogP contribution in [0.1, 0.15) is 55.9 Å². The molecule has 38 heavy (non-hydrogen) atoms. The second kappa shape index (κ2) is 12.8. The third-order valence-corrected chi connectivity index (χ3v) is 8.50. The van der Waals surface area contributed by atoms with Gasteiger partial charge in [-0.25, -0.2) is 4.98 Å². The van der Waals surface area contributed by atoms with Gasteiger partial charge < -0.3 is 9.64 Å². The summed E-state index contributed by atoms with van der Waals surface area (Å²) in [6.07, 6.45) is 9.17. The van der Waals surface area contributed by atoms with Gasteiger partial charge in [-0.1, -0.05) is 31.1 Å². The average Bonchev–Trinajstić information content (AvgIpc) is 3.52. The highest BCUT2D eigenvalue weighted by Crippen LogP contribution is 2.36. The molecule has 1 aliphatic rings. The van der Waals surface area contributed by atoms with Crippen LogP contribution in [-0.4, -0.2) is 24.7 Å². The van der Waals surface area contributed by atoms with Crippen molar-refractivity contribution in [2.24, 2.45) is 10.2 Å². The van der Waals surface area contributed by atoms with Crippen LogP contribution < -0.4 is 9.64 Å². The fourth-order valence-corrected chi connectivity index (χ4v) is 6.42. The summed E-state index contributed by atoms with van der Waals surface area (Å²) < 4.78 is 6.83. The molecule has 3 heterocycles. The van der Waals surface area contributed by atoms with Crippen molar-refractivity contribution in [1.29, 1.82) is 5.26 Å². The van der Waals surface area contributed by atoms with Crippen molar-refractivity contribution in [2.45, 2.75) is 45.4 Å². The summed E-state index contributed by atoms with van der Waals surface area (Å²) in [4.78, 5) is 8.97. The first kappa shape index (κ1) is 26.1. The van der Waals surface area contributed by atoms with Gasteiger partial charge in [0.15, 0.2) is 0 Å². The minimum atomic E-state index is 0.615. The Labute approximate surface area is 231 Å². The maximum Gasteiger partial charge on any atom is 0.231 e. The molecule has 2 aromatic carbocycles. The number of azo groups is 1. The normalized spacial score (nSPS) is 14.3. The predicted octanol–water partition coefficient (Wildman–Crippen LogP) is 9.40. The van der Waals surface area contributed by atoms with Crippen LogP contribution in [-0.2, 0) is 0 Å². The molecule has 1 saturated heterocycles. The van der Waals surface area contributed by atoms with Crippen LogP contribution in [0.15, 0.2) is 64.8 Å². The number of benzene rings is 2. The molecule has 0 saturated carbocycles. The Balaban J connectivity index is 1.22. The number of nitriles is 1. The Morgan fingerprint density at radius 1 is 1.03 bits per heavy atom. The Morgan fingerprint density at radius 2 is 1.82 bits per heavy atom. The Morgan fingerprint density at radius 3 is 2.53 bits per heavy atom. The summed E-state index contributed by atoms with van der Waals surface area (Å²) in [6, 6.07) is 20.4. The highest BCUT2D eigenvalue weighted by Gasteiger charge is 2.11. The summed E-state index contributed by atoms with van der Waals surface area (Å²) in [5, 5.41) is 19.2. The molecule has 0 N–H and O–H groups in total. The van der Waals surface area contributed by atoms with Crippen LogP contribution in [0.3, 0.4) is 0 Å². The van der Waals surface area contributed by atoms with Crippen LogP contribution in [0.5, 0.6) is 5.75 Å². The first-order valence-corrected chi connectivity index (χ1v) is 14.9. The highest BCUT2D eigenvalue weighted by atomic mass is 32.1. The molecule has 2 aromatic heterocycles. The number of piperidine rings is 1. The lowest BCUT2D eigenvalue weighted by Gasteiger charge is -2.28. The lowest BCUT2D eigenvalue weighted by Crippen LogP contribution is -2.29. The predicted molar refractivity (Wildman–Crippen MR) is 159 cm³/mol. The molecular formula is C30H31N5OS2. The summed E-state index contributed by atoms with van der Waals surface area (Å²) in [6.45, 7) is 5.16. The minimum absolute atomic E-state index is 0.615. The van der Waals surface area contributed by atoms with E-state index in [-0.39, 0.29) is 0 Å². The van der Waals surface area contributed by atoms with E-state index in [1.807, 2.05) is 42.5 Å². The number of fused-ring (bicyclic) bond motifs is 1. The van der Waals surface area contributed by atoms with Crippen molar-refractivity contribution in [3.63, 3.8) is 0 Å². The zero-order chi connectivity index (χ0) is 26.2. The Bertz CT molecular complexity index is 1410. The maximum atomic E-state index is 9.76.